The molecule has 50 heavy (non-hydrogen) atoms. The van der Waals surface area contributed by atoms with Gasteiger partial charge in [0.25, 0.3) is 0 Å². The van der Waals surface area contributed by atoms with E-state index in [-0.39, 0.29) is 0 Å². The second-order valence-corrected chi connectivity index (χ2v) is 14.0. The zero-order chi connectivity index (χ0) is 32.8. The van der Waals surface area contributed by atoms with Gasteiger partial charge in [0.05, 0.1) is 0 Å². The molecule has 4 heteroatoms. The normalized spacial score (nSPS) is 12.0. The number of hydrogen-bond acceptors (Lipinski definition) is 4. The maximum Gasteiger partial charge on any atom is 0.180 e. The van der Waals surface area contributed by atoms with E-state index in [4.69, 9.17) is 14.4 Å². The van der Waals surface area contributed by atoms with Crippen LogP contribution in [-0.2, 0) is 0 Å². The van der Waals surface area contributed by atoms with Crippen LogP contribution in [-0.4, -0.2) is 9.97 Å². The van der Waals surface area contributed by atoms with Crippen molar-refractivity contribution in [3.8, 4) is 33.8 Å². The van der Waals surface area contributed by atoms with Crippen molar-refractivity contribution in [2.75, 3.05) is 0 Å². The third kappa shape index (κ3) is 4.03. The maximum absolute atomic E-state index is 6.44. The Morgan fingerprint density at radius 1 is 0.420 bits per heavy atom. The Morgan fingerprint density at radius 3 is 1.88 bits per heavy atom. The van der Waals surface area contributed by atoms with Gasteiger partial charge in [0.1, 0.15) is 16.8 Å². The lowest BCUT2D eigenvalue weighted by molar-refractivity contribution is 0.667. The Hall–Kier alpha value is -6.36. The number of benzene rings is 8. The van der Waals surface area contributed by atoms with Crippen molar-refractivity contribution in [2.45, 2.75) is 0 Å². The Kier molecular flexibility index (Phi) is 5.83. The Balaban J connectivity index is 1.28. The molecule has 8 aromatic carbocycles. The highest BCUT2D eigenvalue weighted by Gasteiger charge is 2.21. The average molecular weight is 655 g/mol. The third-order valence-corrected chi connectivity index (χ3v) is 11.2. The lowest BCUT2D eigenvalue weighted by Crippen LogP contribution is -1.95. The molecule has 11 rings (SSSR count). The molecular weight excluding hydrogens is 629 g/mol. The molecule has 0 atom stereocenters. The van der Waals surface area contributed by atoms with E-state index in [1.807, 2.05) is 47.7 Å². The van der Waals surface area contributed by atoms with Crippen molar-refractivity contribution in [3.63, 3.8) is 0 Å². The predicted octanol–water partition coefficient (Wildman–Crippen LogP) is 13.2. The van der Waals surface area contributed by atoms with Crippen LogP contribution in [0.25, 0.3) is 108 Å². The smallest absolute Gasteiger partial charge is 0.180 e. The van der Waals surface area contributed by atoms with Crippen LogP contribution in [0.2, 0.25) is 0 Å². The number of furan rings is 1. The van der Waals surface area contributed by atoms with Crippen LogP contribution < -0.4 is 0 Å². The van der Waals surface area contributed by atoms with Crippen LogP contribution in [0.4, 0.5) is 0 Å². The fraction of sp³-hybridized carbons (Fsp3) is 0. The summed E-state index contributed by atoms with van der Waals surface area (Å²) in [6.07, 6.45) is 0. The zero-order valence-corrected chi connectivity index (χ0v) is 27.5. The summed E-state index contributed by atoms with van der Waals surface area (Å²) >= 11 is 1.85. The monoisotopic (exact) mass is 654 g/mol. The van der Waals surface area contributed by atoms with Gasteiger partial charge in [-0.2, -0.15) is 0 Å². The van der Waals surface area contributed by atoms with Gasteiger partial charge >= 0.3 is 0 Å². The van der Waals surface area contributed by atoms with Gasteiger partial charge in [-0.15, -0.1) is 11.3 Å². The fourth-order valence-electron chi connectivity index (χ4n) is 7.80. The van der Waals surface area contributed by atoms with Gasteiger partial charge in [0.2, 0.25) is 0 Å². The molecule has 3 heterocycles. The zero-order valence-electron chi connectivity index (χ0n) is 26.7. The highest BCUT2D eigenvalue weighted by molar-refractivity contribution is 7.25. The minimum Gasteiger partial charge on any atom is -0.452 e. The Bertz CT molecular complexity index is 3160. The van der Waals surface area contributed by atoms with Crippen LogP contribution in [0.5, 0.6) is 0 Å². The van der Waals surface area contributed by atoms with E-state index in [0.29, 0.717) is 11.4 Å². The van der Waals surface area contributed by atoms with Crippen molar-refractivity contribution >= 4 is 85.9 Å². The number of thiophene rings is 1. The molecule has 0 bridgehead atoms. The minimum absolute atomic E-state index is 0.672. The number of fused-ring (bicyclic) bond motifs is 12. The van der Waals surface area contributed by atoms with E-state index in [9.17, 15) is 0 Å². The van der Waals surface area contributed by atoms with Crippen LogP contribution in [0, 0.1) is 0 Å². The number of hydrogen-bond donors (Lipinski definition) is 0. The van der Waals surface area contributed by atoms with E-state index in [0.717, 1.165) is 33.3 Å². The van der Waals surface area contributed by atoms with Crippen LogP contribution in [0.3, 0.4) is 0 Å². The maximum atomic E-state index is 6.44. The number of rotatable bonds is 3. The standard InChI is InChI=1S/C46H26N2OS/c1-2-12-27(13-3-1)43-45-44(36-19-8-10-20-39(36)49-45)48-46(47-43)29-24-37(28-22-23-34-33-17-9-11-21-40(33)50-41(34)26-28)42-35-18-7-6-15-31(35)30-14-4-5-16-32(30)38(42)25-29/h1-26H. The molecule has 3 nitrogen and oxygen atoms in total. The largest absolute Gasteiger partial charge is 0.452 e. The van der Waals surface area contributed by atoms with Crippen molar-refractivity contribution in [1.29, 1.82) is 0 Å². The van der Waals surface area contributed by atoms with Gasteiger partial charge in [-0.05, 0) is 79.8 Å². The molecule has 0 radical (unpaired) electrons. The van der Waals surface area contributed by atoms with Crippen molar-refractivity contribution in [3.05, 3.63) is 158 Å². The number of aromatic nitrogens is 2. The van der Waals surface area contributed by atoms with Crippen molar-refractivity contribution in [2.24, 2.45) is 0 Å². The molecular formula is C46H26N2OS. The highest BCUT2D eigenvalue weighted by Crippen LogP contribution is 2.45. The summed E-state index contributed by atoms with van der Waals surface area (Å²) in [6, 6.07) is 56.2. The molecule has 0 aliphatic carbocycles. The van der Waals surface area contributed by atoms with Gasteiger partial charge in [-0.25, -0.2) is 9.97 Å². The topological polar surface area (TPSA) is 38.9 Å². The number of nitrogens with zero attached hydrogens (tertiary/aromatic N) is 2. The predicted molar refractivity (Wildman–Crippen MR) is 211 cm³/mol. The van der Waals surface area contributed by atoms with Gasteiger partial charge < -0.3 is 4.42 Å². The molecule has 0 amide bonds. The quantitative estimate of drug-likeness (QED) is 0.178. The summed E-state index contributed by atoms with van der Waals surface area (Å²) in [4.78, 5) is 10.6. The van der Waals surface area contributed by atoms with Crippen LogP contribution >= 0.6 is 11.3 Å². The third-order valence-electron chi connectivity index (χ3n) is 10.1. The lowest BCUT2D eigenvalue weighted by Gasteiger charge is -2.17. The first kappa shape index (κ1) is 27.6. The molecule has 0 N–H and O–H groups in total. The SMILES string of the molecule is c1ccc(-c2nc(-c3cc(-c4ccc5c(c4)sc4ccccc45)c4c5ccccc5c5ccccc5c4c3)nc3c2oc2ccccc23)cc1. The van der Waals surface area contributed by atoms with E-state index in [2.05, 4.69) is 121 Å². The molecule has 0 spiro atoms. The van der Waals surface area contributed by atoms with Crippen molar-refractivity contribution < 1.29 is 4.42 Å². The summed E-state index contributed by atoms with van der Waals surface area (Å²) in [6.45, 7) is 0. The summed E-state index contributed by atoms with van der Waals surface area (Å²) in [5, 5.41) is 10.9. The first-order valence-corrected chi connectivity index (χ1v) is 17.6. The molecule has 0 unspecified atom stereocenters. The Labute approximate surface area is 290 Å². The van der Waals surface area contributed by atoms with E-state index in [1.54, 1.807) is 0 Å². The summed E-state index contributed by atoms with van der Waals surface area (Å²) in [5.41, 5.74) is 7.42. The highest BCUT2D eigenvalue weighted by atomic mass is 32.1. The molecule has 0 aliphatic heterocycles. The lowest BCUT2D eigenvalue weighted by atomic mass is 9.87. The fourth-order valence-corrected chi connectivity index (χ4v) is 8.94. The van der Waals surface area contributed by atoms with Crippen LogP contribution in [0.15, 0.2) is 162 Å². The first-order chi connectivity index (χ1) is 24.8. The van der Waals surface area contributed by atoms with E-state index in [1.165, 1.54) is 63.6 Å². The molecule has 11 aromatic rings. The molecule has 0 fully saturated rings. The second kappa shape index (κ2) is 10.6. The number of para-hydroxylation sites is 1. The summed E-state index contributed by atoms with van der Waals surface area (Å²) in [7, 11) is 0. The second-order valence-electron chi connectivity index (χ2n) is 12.9. The summed E-state index contributed by atoms with van der Waals surface area (Å²) in [5.74, 6) is 0.672. The Morgan fingerprint density at radius 2 is 1.06 bits per heavy atom. The molecule has 0 aliphatic rings. The van der Waals surface area contributed by atoms with Crippen molar-refractivity contribution in [1.82, 2.24) is 9.97 Å². The average Bonchev–Trinajstić information content (AvgIpc) is 3.75. The molecule has 232 valence electrons. The van der Waals surface area contributed by atoms with Gasteiger partial charge in [-0.3, -0.25) is 0 Å². The van der Waals surface area contributed by atoms with E-state index >= 15 is 0 Å². The molecule has 0 saturated heterocycles. The summed E-state index contributed by atoms with van der Waals surface area (Å²) < 4.78 is 9.02. The molecule has 0 saturated carbocycles. The van der Waals surface area contributed by atoms with Gasteiger partial charge in [0, 0.05) is 36.7 Å². The van der Waals surface area contributed by atoms with Gasteiger partial charge in [0.15, 0.2) is 11.4 Å². The van der Waals surface area contributed by atoms with E-state index < -0.39 is 0 Å². The first-order valence-electron chi connectivity index (χ1n) is 16.8. The molecule has 3 aromatic heterocycles. The minimum atomic E-state index is 0.672. The van der Waals surface area contributed by atoms with Crippen LogP contribution in [0.1, 0.15) is 0 Å². The van der Waals surface area contributed by atoms with Gasteiger partial charge in [-0.1, -0.05) is 121 Å².